The van der Waals surface area contributed by atoms with Crippen LogP contribution in [0.3, 0.4) is 0 Å². The van der Waals surface area contributed by atoms with Crippen LogP contribution < -0.4 is 10.2 Å². The summed E-state index contributed by atoms with van der Waals surface area (Å²) in [7, 11) is 0. The second kappa shape index (κ2) is 7.58. The second-order valence-electron chi connectivity index (χ2n) is 8.74. The van der Waals surface area contributed by atoms with Crippen molar-refractivity contribution in [3.05, 3.63) is 30.4 Å². The maximum atomic E-state index is 12.7. The van der Waals surface area contributed by atoms with E-state index < -0.39 is 5.60 Å². The third-order valence-electron chi connectivity index (χ3n) is 5.16. The summed E-state index contributed by atoms with van der Waals surface area (Å²) >= 11 is 0. The molecule has 160 valence electrons. The molecule has 0 radical (unpaired) electrons. The number of aromatic nitrogens is 4. The summed E-state index contributed by atoms with van der Waals surface area (Å²) in [6.45, 7) is 8.89. The highest BCUT2D eigenvalue weighted by atomic mass is 16.6. The van der Waals surface area contributed by atoms with Gasteiger partial charge in [-0.1, -0.05) is 0 Å². The van der Waals surface area contributed by atoms with Crippen LogP contribution in [0.15, 0.2) is 24.7 Å². The first-order valence-electron chi connectivity index (χ1n) is 10.1. The minimum atomic E-state index is -0.569. The first-order valence-corrected chi connectivity index (χ1v) is 10.1. The van der Waals surface area contributed by atoms with Gasteiger partial charge in [-0.2, -0.15) is 5.10 Å². The molecule has 1 saturated heterocycles. The molecule has 0 spiro atoms. The van der Waals surface area contributed by atoms with Crippen LogP contribution in [-0.2, 0) is 22.6 Å². The Morgan fingerprint density at radius 2 is 1.97 bits per heavy atom. The van der Waals surface area contributed by atoms with E-state index in [1.54, 1.807) is 34.5 Å². The molecule has 0 saturated carbocycles. The van der Waals surface area contributed by atoms with Crippen LogP contribution in [0.4, 0.5) is 16.4 Å². The molecular formula is C20H27N7O3. The Morgan fingerprint density at radius 1 is 1.23 bits per heavy atom. The fraction of sp³-hybridized carbons (Fsp3) is 0.550. The third-order valence-corrected chi connectivity index (χ3v) is 5.16. The normalized spacial score (nSPS) is 21.5. The Kier molecular flexibility index (Phi) is 5.08. The van der Waals surface area contributed by atoms with Gasteiger partial charge in [-0.3, -0.25) is 14.4 Å². The number of ether oxygens (including phenoxy) is 1. The molecule has 2 aliphatic heterocycles. The predicted molar refractivity (Wildman–Crippen MR) is 110 cm³/mol. The van der Waals surface area contributed by atoms with E-state index in [2.05, 4.69) is 20.4 Å². The number of rotatable bonds is 3. The first kappa shape index (κ1) is 20.1. The van der Waals surface area contributed by atoms with Crippen LogP contribution in [0.1, 0.15) is 39.8 Å². The topological polar surface area (TPSA) is 105 Å². The lowest BCUT2D eigenvalue weighted by atomic mass is 10.2. The van der Waals surface area contributed by atoms with Gasteiger partial charge >= 0.3 is 6.09 Å². The van der Waals surface area contributed by atoms with Crippen molar-refractivity contribution in [2.75, 3.05) is 16.8 Å². The zero-order valence-corrected chi connectivity index (χ0v) is 17.7. The van der Waals surface area contributed by atoms with Gasteiger partial charge in [0, 0.05) is 25.4 Å². The monoisotopic (exact) mass is 413 g/mol. The van der Waals surface area contributed by atoms with E-state index in [0.29, 0.717) is 32.0 Å². The summed E-state index contributed by atoms with van der Waals surface area (Å²) in [5, 5.41) is 7.67. The number of amides is 2. The molecule has 1 fully saturated rings. The van der Waals surface area contributed by atoms with E-state index in [1.165, 1.54) is 0 Å². The van der Waals surface area contributed by atoms with E-state index in [1.807, 2.05) is 32.4 Å². The Hall–Kier alpha value is -3.17. The third kappa shape index (κ3) is 4.07. The number of nitrogens with one attached hydrogen (secondary N) is 1. The lowest BCUT2D eigenvalue weighted by Crippen LogP contribution is -2.47. The molecule has 4 heterocycles. The zero-order chi connectivity index (χ0) is 21.5. The highest BCUT2D eigenvalue weighted by Gasteiger charge is 2.37. The van der Waals surface area contributed by atoms with Crippen LogP contribution in [0.5, 0.6) is 0 Å². The van der Waals surface area contributed by atoms with Crippen molar-refractivity contribution in [2.45, 2.75) is 64.9 Å². The van der Waals surface area contributed by atoms with E-state index >= 15 is 0 Å². The van der Waals surface area contributed by atoms with Crippen molar-refractivity contribution in [1.29, 1.82) is 0 Å². The van der Waals surface area contributed by atoms with Crippen molar-refractivity contribution < 1.29 is 14.3 Å². The molecule has 2 aliphatic rings. The molecule has 1 unspecified atom stereocenters. The van der Waals surface area contributed by atoms with Gasteiger partial charge < -0.3 is 15.0 Å². The minimum Gasteiger partial charge on any atom is -0.444 e. The van der Waals surface area contributed by atoms with Crippen molar-refractivity contribution in [1.82, 2.24) is 24.6 Å². The molecule has 10 nitrogen and oxygen atoms in total. The fourth-order valence-corrected chi connectivity index (χ4v) is 3.77. The fourth-order valence-electron chi connectivity index (χ4n) is 3.77. The number of fused-ring (bicyclic) bond motifs is 1. The molecule has 30 heavy (non-hydrogen) atoms. The molecule has 0 aliphatic carbocycles. The largest absolute Gasteiger partial charge is 0.444 e. The number of nitrogens with zero attached hydrogens (tertiary/aromatic N) is 6. The van der Waals surface area contributed by atoms with Crippen LogP contribution >= 0.6 is 0 Å². The van der Waals surface area contributed by atoms with E-state index in [-0.39, 0.29) is 24.1 Å². The number of hydrogen-bond acceptors (Lipinski definition) is 7. The quantitative estimate of drug-likeness (QED) is 0.821. The number of anilines is 2. The molecule has 1 N–H and O–H groups in total. The van der Waals surface area contributed by atoms with Gasteiger partial charge in [0.15, 0.2) is 0 Å². The maximum absolute atomic E-state index is 12.7. The molecule has 0 aromatic carbocycles. The van der Waals surface area contributed by atoms with Crippen LogP contribution in [0.2, 0.25) is 0 Å². The van der Waals surface area contributed by atoms with E-state index in [9.17, 15) is 9.59 Å². The summed E-state index contributed by atoms with van der Waals surface area (Å²) in [5.74, 6) is 0.501. The van der Waals surface area contributed by atoms with Gasteiger partial charge in [0.2, 0.25) is 11.9 Å². The van der Waals surface area contributed by atoms with Gasteiger partial charge in [0.25, 0.3) is 0 Å². The van der Waals surface area contributed by atoms with Gasteiger partial charge in [0.05, 0.1) is 42.8 Å². The summed E-state index contributed by atoms with van der Waals surface area (Å²) in [4.78, 5) is 37.2. The Bertz CT molecular complexity index is 938. The van der Waals surface area contributed by atoms with Gasteiger partial charge in [-0.15, -0.1) is 0 Å². The van der Waals surface area contributed by atoms with Crippen molar-refractivity contribution in [3.8, 4) is 0 Å². The summed E-state index contributed by atoms with van der Waals surface area (Å²) in [5.41, 5.74) is 1.00. The molecule has 2 atom stereocenters. The van der Waals surface area contributed by atoms with Gasteiger partial charge in [-0.25, -0.2) is 14.8 Å². The van der Waals surface area contributed by atoms with Gasteiger partial charge in [0.1, 0.15) is 5.60 Å². The van der Waals surface area contributed by atoms with Crippen LogP contribution in [-0.4, -0.2) is 60.9 Å². The number of hydrogen-bond donors (Lipinski definition) is 1. The first-order chi connectivity index (χ1) is 14.2. The Labute approximate surface area is 175 Å². The van der Waals surface area contributed by atoms with Crippen molar-refractivity contribution in [3.63, 3.8) is 0 Å². The molecule has 2 amide bonds. The molecular weight excluding hydrogens is 386 g/mol. The van der Waals surface area contributed by atoms with Crippen LogP contribution in [0.25, 0.3) is 0 Å². The summed E-state index contributed by atoms with van der Waals surface area (Å²) in [6.07, 6.45) is 5.01. The second-order valence-corrected chi connectivity index (χ2v) is 8.74. The average molecular weight is 413 g/mol. The smallest absolute Gasteiger partial charge is 0.410 e. The Morgan fingerprint density at radius 3 is 2.67 bits per heavy atom. The lowest BCUT2D eigenvalue weighted by Gasteiger charge is -2.36. The van der Waals surface area contributed by atoms with Gasteiger partial charge in [-0.05, 0) is 33.8 Å². The van der Waals surface area contributed by atoms with E-state index in [0.717, 1.165) is 11.4 Å². The average Bonchev–Trinajstić information content (AvgIpc) is 3.22. The molecule has 0 bridgehead atoms. The SMILES string of the molecule is C[C@H]1Cn2ncc(N3CC(Nc4ncccn4)CC3=O)c2CN1C(=O)OC(C)(C)C. The molecule has 2 aromatic rings. The molecule has 2 aromatic heterocycles. The zero-order valence-electron chi connectivity index (χ0n) is 17.7. The maximum Gasteiger partial charge on any atom is 0.410 e. The summed E-state index contributed by atoms with van der Waals surface area (Å²) < 4.78 is 7.43. The molecule has 4 rings (SSSR count). The number of carbonyl (C=O) groups is 2. The minimum absolute atomic E-state index is 0.00155. The standard InChI is InChI=1S/C20H27N7O3/c1-13-10-27-16(12-25(13)19(29)30-20(2,3)4)15(9-23-27)26-11-14(8-17(26)28)24-18-21-6-5-7-22-18/h5-7,9,13-14H,8,10-12H2,1-4H3,(H,21,22,24)/t13-,14?/m0/s1. The lowest BCUT2D eigenvalue weighted by molar-refractivity contribution is -0.117. The highest BCUT2D eigenvalue weighted by molar-refractivity contribution is 5.97. The van der Waals surface area contributed by atoms with Crippen molar-refractivity contribution >= 4 is 23.6 Å². The summed E-state index contributed by atoms with van der Waals surface area (Å²) in [6, 6.07) is 1.59. The highest BCUT2D eigenvalue weighted by Crippen LogP contribution is 2.31. The predicted octanol–water partition coefficient (Wildman–Crippen LogP) is 2.03. The molecule has 10 heteroatoms. The number of carbonyl (C=O) groups excluding carboxylic acids is 2. The van der Waals surface area contributed by atoms with Crippen molar-refractivity contribution in [2.24, 2.45) is 0 Å². The van der Waals surface area contributed by atoms with Crippen LogP contribution in [0, 0.1) is 0 Å². The Balaban J connectivity index is 1.51. The van der Waals surface area contributed by atoms with E-state index in [4.69, 9.17) is 4.74 Å².